The number of nitrogens with zero attached hydrogens (tertiary/aromatic N) is 1. The quantitative estimate of drug-likeness (QED) is 0.572. The van der Waals surface area contributed by atoms with Gasteiger partial charge in [-0.25, -0.2) is 0 Å². The Morgan fingerprint density at radius 3 is 2.85 bits per heavy atom. The highest BCUT2D eigenvalue weighted by Crippen LogP contribution is 2.25. The van der Waals surface area contributed by atoms with Gasteiger partial charge in [-0.05, 0) is 29.9 Å². The molecule has 1 nitrogen and oxygen atoms in total. The van der Waals surface area contributed by atoms with Crippen molar-refractivity contribution in [2.75, 3.05) is 7.05 Å². The van der Waals surface area contributed by atoms with Gasteiger partial charge in [0.05, 0.1) is 0 Å². The smallest absolute Gasteiger partial charge is 0.0448 e. The van der Waals surface area contributed by atoms with Crippen LogP contribution < -0.4 is 0 Å². The van der Waals surface area contributed by atoms with Gasteiger partial charge in [-0.15, -0.1) is 0 Å². The third kappa shape index (κ3) is 1.39. The fourth-order valence-electron chi connectivity index (χ4n) is 2.10. The van der Waals surface area contributed by atoms with Crippen LogP contribution in [0, 0.1) is 5.92 Å². The van der Waals surface area contributed by atoms with Gasteiger partial charge in [0.15, 0.2) is 0 Å². The Morgan fingerprint density at radius 1 is 1.31 bits per heavy atom. The molecule has 0 aliphatic heterocycles. The van der Waals surface area contributed by atoms with Crippen LogP contribution in [-0.4, -0.2) is 12.8 Å². The Kier molecular flexibility index (Phi) is 2.17. The predicted molar refractivity (Wildman–Crippen MR) is 56.4 cm³/mol. The number of hydrogen-bond donors (Lipinski definition) is 0. The van der Waals surface area contributed by atoms with E-state index < -0.39 is 0 Å². The summed E-state index contributed by atoms with van der Waals surface area (Å²) in [4.78, 5) is 4.39. The average molecular weight is 173 g/mol. The lowest BCUT2D eigenvalue weighted by Gasteiger charge is -2.23. The number of aliphatic imine (C=N–C) groups is 1. The summed E-state index contributed by atoms with van der Waals surface area (Å²) in [6.07, 6.45) is 2.44. The highest BCUT2D eigenvalue weighted by Gasteiger charge is 2.20. The second kappa shape index (κ2) is 3.33. The van der Waals surface area contributed by atoms with Crippen LogP contribution in [0.4, 0.5) is 0 Å². The van der Waals surface area contributed by atoms with Crippen LogP contribution in [-0.2, 0) is 6.42 Å². The van der Waals surface area contributed by atoms with Crippen LogP contribution in [0.1, 0.15) is 24.5 Å². The summed E-state index contributed by atoms with van der Waals surface area (Å²) in [6.45, 7) is 2.26. The maximum absolute atomic E-state index is 4.39. The first-order valence-corrected chi connectivity index (χ1v) is 4.88. The minimum atomic E-state index is 0.625. The van der Waals surface area contributed by atoms with Crippen LogP contribution in [0.2, 0.25) is 0 Å². The Hall–Kier alpha value is -1.11. The number of fused-ring (bicyclic) bond motifs is 1. The number of benzene rings is 1. The monoisotopic (exact) mass is 173 g/mol. The summed E-state index contributed by atoms with van der Waals surface area (Å²) in [5, 5.41) is 0. The number of aryl methyl sites for hydroxylation is 1. The van der Waals surface area contributed by atoms with Gasteiger partial charge in [0.25, 0.3) is 0 Å². The Labute approximate surface area is 79.5 Å². The molecule has 0 amide bonds. The van der Waals surface area contributed by atoms with E-state index in [0.29, 0.717) is 5.92 Å². The lowest BCUT2D eigenvalue weighted by Crippen LogP contribution is -2.20. The van der Waals surface area contributed by atoms with Gasteiger partial charge < -0.3 is 0 Å². The van der Waals surface area contributed by atoms with Crippen molar-refractivity contribution in [2.45, 2.75) is 19.8 Å². The average Bonchev–Trinajstić information content (AvgIpc) is 2.18. The van der Waals surface area contributed by atoms with Crippen molar-refractivity contribution >= 4 is 5.71 Å². The number of rotatable bonds is 0. The van der Waals surface area contributed by atoms with Crippen molar-refractivity contribution in [1.29, 1.82) is 0 Å². The van der Waals surface area contributed by atoms with Crippen LogP contribution >= 0.6 is 0 Å². The van der Waals surface area contributed by atoms with Crippen LogP contribution in [0.5, 0.6) is 0 Å². The number of hydrogen-bond acceptors (Lipinski definition) is 1. The summed E-state index contributed by atoms with van der Waals surface area (Å²) in [6, 6.07) is 8.61. The molecule has 1 aromatic rings. The molecule has 0 fully saturated rings. The molecule has 0 saturated heterocycles. The topological polar surface area (TPSA) is 12.4 Å². The van der Waals surface area contributed by atoms with Gasteiger partial charge in [-0.2, -0.15) is 0 Å². The molecule has 0 spiro atoms. The summed E-state index contributed by atoms with van der Waals surface area (Å²) in [5.74, 6) is 0.625. The molecule has 0 bridgehead atoms. The molecule has 1 aliphatic carbocycles. The summed E-state index contributed by atoms with van der Waals surface area (Å²) in [5.41, 5.74) is 4.10. The molecular formula is C12H15N. The molecule has 0 aromatic heterocycles. The van der Waals surface area contributed by atoms with Crippen molar-refractivity contribution < 1.29 is 0 Å². The summed E-state index contributed by atoms with van der Waals surface area (Å²) < 4.78 is 0. The fraction of sp³-hybridized carbons (Fsp3) is 0.417. The van der Waals surface area contributed by atoms with E-state index >= 15 is 0 Å². The summed E-state index contributed by atoms with van der Waals surface area (Å²) >= 11 is 0. The minimum Gasteiger partial charge on any atom is -0.292 e. The maximum Gasteiger partial charge on any atom is 0.0448 e. The lowest BCUT2D eigenvalue weighted by atomic mass is 9.83. The predicted octanol–water partition coefficient (Wildman–Crippen LogP) is 2.69. The Balaban J connectivity index is 2.52. The SMILES string of the molecule is CN=C1c2ccccc2CCC1C. The van der Waals surface area contributed by atoms with Crippen LogP contribution in [0.25, 0.3) is 0 Å². The van der Waals surface area contributed by atoms with Crippen LogP contribution in [0.15, 0.2) is 29.3 Å². The fourth-order valence-corrected chi connectivity index (χ4v) is 2.10. The van der Waals surface area contributed by atoms with E-state index in [1.54, 1.807) is 0 Å². The van der Waals surface area contributed by atoms with Crippen molar-refractivity contribution in [1.82, 2.24) is 0 Å². The minimum absolute atomic E-state index is 0.625. The second-order valence-electron chi connectivity index (χ2n) is 3.71. The van der Waals surface area contributed by atoms with Crippen molar-refractivity contribution in [3.63, 3.8) is 0 Å². The van der Waals surface area contributed by atoms with E-state index in [2.05, 4.69) is 36.2 Å². The van der Waals surface area contributed by atoms with Gasteiger partial charge in [-0.3, -0.25) is 4.99 Å². The van der Waals surface area contributed by atoms with Crippen LogP contribution in [0.3, 0.4) is 0 Å². The van der Waals surface area contributed by atoms with Gasteiger partial charge in [-0.1, -0.05) is 31.2 Å². The Morgan fingerprint density at radius 2 is 2.08 bits per heavy atom. The molecule has 0 heterocycles. The summed E-state index contributed by atoms with van der Waals surface area (Å²) in [7, 11) is 1.90. The van der Waals surface area contributed by atoms with E-state index in [-0.39, 0.29) is 0 Å². The highest BCUT2D eigenvalue weighted by molar-refractivity contribution is 6.04. The lowest BCUT2D eigenvalue weighted by molar-refractivity contribution is 0.662. The van der Waals surface area contributed by atoms with E-state index in [9.17, 15) is 0 Å². The van der Waals surface area contributed by atoms with E-state index in [0.717, 1.165) is 0 Å². The molecule has 1 heteroatoms. The zero-order valence-corrected chi connectivity index (χ0v) is 8.25. The second-order valence-corrected chi connectivity index (χ2v) is 3.71. The maximum atomic E-state index is 4.39. The van der Waals surface area contributed by atoms with Gasteiger partial charge in [0.1, 0.15) is 0 Å². The first-order chi connectivity index (χ1) is 6.33. The van der Waals surface area contributed by atoms with E-state index in [4.69, 9.17) is 0 Å². The molecule has 1 atom stereocenters. The molecule has 1 unspecified atom stereocenters. The van der Waals surface area contributed by atoms with E-state index in [1.807, 2.05) is 7.05 Å². The van der Waals surface area contributed by atoms with Gasteiger partial charge >= 0.3 is 0 Å². The molecule has 2 rings (SSSR count). The third-order valence-corrected chi connectivity index (χ3v) is 2.85. The standard InChI is InChI=1S/C12H15N/c1-9-7-8-10-5-3-4-6-11(10)12(9)13-2/h3-6,9H,7-8H2,1-2H3. The molecule has 68 valence electrons. The first-order valence-electron chi connectivity index (χ1n) is 4.88. The van der Waals surface area contributed by atoms with Crippen molar-refractivity contribution in [3.05, 3.63) is 35.4 Å². The van der Waals surface area contributed by atoms with E-state index in [1.165, 1.54) is 29.7 Å². The Bertz CT molecular complexity index is 339. The molecule has 13 heavy (non-hydrogen) atoms. The van der Waals surface area contributed by atoms with Gasteiger partial charge in [0.2, 0.25) is 0 Å². The first kappa shape index (κ1) is 8.49. The van der Waals surface area contributed by atoms with Crippen molar-refractivity contribution in [3.8, 4) is 0 Å². The zero-order valence-electron chi connectivity index (χ0n) is 8.25. The zero-order chi connectivity index (χ0) is 9.26. The van der Waals surface area contributed by atoms with Gasteiger partial charge in [0, 0.05) is 12.8 Å². The molecule has 1 aliphatic rings. The third-order valence-electron chi connectivity index (χ3n) is 2.85. The molecule has 0 saturated carbocycles. The molecule has 0 N–H and O–H groups in total. The molecular weight excluding hydrogens is 158 g/mol. The molecule has 1 aromatic carbocycles. The van der Waals surface area contributed by atoms with Crippen molar-refractivity contribution in [2.24, 2.45) is 10.9 Å². The normalized spacial score (nSPS) is 24.5. The highest BCUT2D eigenvalue weighted by atomic mass is 14.7. The largest absolute Gasteiger partial charge is 0.292 e. The molecule has 0 radical (unpaired) electrons.